The van der Waals surface area contributed by atoms with Crippen LogP contribution in [0.3, 0.4) is 0 Å². The summed E-state index contributed by atoms with van der Waals surface area (Å²) in [5.74, 6) is -1.69. The van der Waals surface area contributed by atoms with Crippen molar-refractivity contribution in [3.8, 4) is 0 Å². The molecule has 0 saturated carbocycles. The van der Waals surface area contributed by atoms with Crippen LogP contribution >= 0.6 is 11.8 Å². The van der Waals surface area contributed by atoms with Crippen LogP contribution < -0.4 is 5.11 Å². The van der Waals surface area contributed by atoms with Crippen LogP contribution in [0.4, 0.5) is 0 Å². The van der Waals surface area contributed by atoms with Gasteiger partial charge in [-0.2, -0.15) is 0 Å². The first kappa shape index (κ1) is 17.3. The Morgan fingerprint density at radius 1 is 1.33 bits per heavy atom. The van der Waals surface area contributed by atoms with Crippen LogP contribution in [-0.4, -0.2) is 28.0 Å². The third kappa shape index (κ3) is 6.89. The fourth-order valence-corrected chi connectivity index (χ4v) is 2.69. The molecule has 0 rings (SSSR count). The summed E-state index contributed by atoms with van der Waals surface area (Å²) in [6.07, 6.45) is 3.76. The van der Waals surface area contributed by atoms with E-state index in [0.29, 0.717) is 11.2 Å². The van der Waals surface area contributed by atoms with Gasteiger partial charge in [0.1, 0.15) is 5.25 Å². The number of hydrogen-bond donors (Lipinski definition) is 1. The van der Waals surface area contributed by atoms with E-state index in [0.717, 1.165) is 25.7 Å². The first-order valence-electron chi connectivity index (χ1n) is 6.39. The van der Waals surface area contributed by atoms with Gasteiger partial charge in [0.2, 0.25) is 0 Å². The minimum absolute atomic E-state index is 0.313. The van der Waals surface area contributed by atoms with Gasteiger partial charge in [0, 0.05) is 12.4 Å². The van der Waals surface area contributed by atoms with Crippen molar-refractivity contribution in [2.24, 2.45) is 5.41 Å². The molecule has 4 nitrogen and oxygen atoms in total. The molecule has 1 atom stereocenters. The molecule has 0 aromatic carbocycles. The standard InChI is InChI=1S/C13H24O4S/c1-4-13(3,5-2)7-6-8-18-10(12(16)17)9-11(14)15/h10H,4-9H2,1-3H3,(H,14,15)(H,16,17)/p-1. The average Bonchev–Trinajstić information content (AvgIpc) is 2.32. The molecule has 0 bridgehead atoms. The second kappa shape index (κ2) is 8.40. The van der Waals surface area contributed by atoms with Crippen LogP contribution in [0.25, 0.3) is 0 Å². The third-order valence-electron chi connectivity index (χ3n) is 3.58. The molecule has 0 fully saturated rings. The molecule has 0 heterocycles. The van der Waals surface area contributed by atoms with Crippen molar-refractivity contribution in [1.29, 1.82) is 0 Å². The lowest BCUT2D eigenvalue weighted by molar-refractivity contribution is -0.305. The first-order chi connectivity index (χ1) is 8.34. The van der Waals surface area contributed by atoms with E-state index in [-0.39, 0.29) is 0 Å². The van der Waals surface area contributed by atoms with Crippen LogP contribution in [0, 0.1) is 5.41 Å². The van der Waals surface area contributed by atoms with Gasteiger partial charge in [-0.05, 0) is 24.0 Å². The zero-order valence-corrected chi connectivity index (χ0v) is 12.2. The quantitative estimate of drug-likeness (QED) is 0.616. The van der Waals surface area contributed by atoms with Crippen LogP contribution in [0.5, 0.6) is 0 Å². The number of carboxylic acids is 2. The Bertz CT molecular complexity index is 274. The van der Waals surface area contributed by atoms with Gasteiger partial charge in [-0.1, -0.05) is 33.6 Å². The van der Waals surface area contributed by atoms with E-state index in [1.165, 1.54) is 11.8 Å². The fraction of sp³-hybridized carbons (Fsp3) is 0.846. The molecule has 106 valence electrons. The zero-order chi connectivity index (χ0) is 14.2. The summed E-state index contributed by atoms with van der Waals surface area (Å²) < 4.78 is 0. The largest absolute Gasteiger partial charge is 0.550 e. The average molecular weight is 275 g/mol. The minimum Gasteiger partial charge on any atom is -0.550 e. The number of hydrogen-bond acceptors (Lipinski definition) is 4. The van der Waals surface area contributed by atoms with Crippen molar-refractivity contribution in [3.05, 3.63) is 0 Å². The highest BCUT2D eigenvalue weighted by atomic mass is 32.2. The maximum Gasteiger partial charge on any atom is 0.316 e. The van der Waals surface area contributed by atoms with E-state index in [1.807, 2.05) is 0 Å². The lowest BCUT2D eigenvalue weighted by Crippen LogP contribution is -2.30. The van der Waals surface area contributed by atoms with Crippen LogP contribution in [0.15, 0.2) is 0 Å². The minimum atomic E-state index is -1.30. The van der Waals surface area contributed by atoms with Crippen molar-refractivity contribution >= 4 is 23.7 Å². The molecule has 5 heteroatoms. The van der Waals surface area contributed by atoms with Crippen molar-refractivity contribution in [2.45, 2.75) is 58.1 Å². The number of thioether (sulfide) groups is 1. The monoisotopic (exact) mass is 275 g/mol. The van der Waals surface area contributed by atoms with Gasteiger partial charge in [0.15, 0.2) is 0 Å². The van der Waals surface area contributed by atoms with Gasteiger partial charge in [-0.15, -0.1) is 11.8 Å². The number of carboxylic acid groups (broad SMARTS) is 2. The second-order valence-electron chi connectivity index (χ2n) is 4.90. The zero-order valence-electron chi connectivity index (χ0n) is 11.4. The summed E-state index contributed by atoms with van der Waals surface area (Å²) in [4.78, 5) is 21.2. The Morgan fingerprint density at radius 2 is 1.89 bits per heavy atom. The van der Waals surface area contributed by atoms with Crippen molar-refractivity contribution < 1.29 is 19.8 Å². The SMILES string of the molecule is CCC(C)(CC)CCCSC(CC(=O)[O-])C(=O)O. The maximum atomic E-state index is 10.8. The predicted molar refractivity (Wildman–Crippen MR) is 71.4 cm³/mol. The van der Waals surface area contributed by atoms with Gasteiger partial charge >= 0.3 is 5.97 Å². The first-order valence-corrected chi connectivity index (χ1v) is 7.43. The third-order valence-corrected chi connectivity index (χ3v) is 4.87. The van der Waals surface area contributed by atoms with E-state index in [9.17, 15) is 14.7 Å². The highest BCUT2D eigenvalue weighted by molar-refractivity contribution is 8.00. The summed E-state index contributed by atoms with van der Waals surface area (Å²) >= 11 is 1.20. The molecule has 18 heavy (non-hydrogen) atoms. The van der Waals surface area contributed by atoms with Crippen molar-refractivity contribution in [1.82, 2.24) is 0 Å². The Morgan fingerprint density at radius 3 is 2.28 bits per heavy atom. The molecule has 1 unspecified atom stereocenters. The van der Waals surface area contributed by atoms with E-state index in [4.69, 9.17) is 5.11 Å². The van der Waals surface area contributed by atoms with E-state index in [2.05, 4.69) is 20.8 Å². The van der Waals surface area contributed by atoms with Gasteiger partial charge in [-0.3, -0.25) is 4.79 Å². The molecular weight excluding hydrogens is 252 g/mol. The Labute approximate surface area is 113 Å². The van der Waals surface area contributed by atoms with Crippen LogP contribution in [-0.2, 0) is 9.59 Å². The van der Waals surface area contributed by atoms with E-state index in [1.54, 1.807) is 0 Å². The van der Waals surface area contributed by atoms with Gasteiger partial charge in [0.05, 0.1) is 0 Å². The van der Waals surface area contributed by atoms with Crippen molar-refractivity contribution in [3.63, 3.8) is 0 Å². The molecule has 0 aliphatic heterocycles. The molecule has 0 aromatic rings. The Hall–Kier alpha value is -0.710. The molecule has 1 N–H and O–H groups in total. The normalized spacial score (nSPS) is 13.3. The molecule has 0 aromatic heterocycles. The molecule has 0 aliphatic rings. The summed E-state index contributed by atoms with van der Waals surface area (Å²) in [6.45, 7) is 6.55. The smallest absolute Gasteiger partial charge is 0.316 e. The lowest BCUT2D eigenvalue weighted by atomic mass is 9.81. The van der Waals surface area contributed by atoms with Crippen LogP contribution in [0.2, 0.25) is 0 Å². The van der Waals surface area contributed by atoms with Gasteiger partial charge < -0.3 is 15.0 Å². The highest BCUT2D eigenvalue weighted by Crippen LogP contribution is 2.32. The molecular formula is C13H23O4S-. The van der Waals surface area contributed by atoms with Gasteiger partial charge in [-0.25, -0.2) is 0 Å². The van der Waals surface area contributed by atoms with E-state index >= 15 is 0 Å². The molecule has 0 aliphatic carbocycles. The van der Waals surface area contributed by atoms with Crippen LogP contribution in [0.1, 0.15) is 52.9 Å². The van der Waals surface area contributed by atoms with E-state index < -0.39 is 23.6 Å². The number of carbonyl (C=O) groups is 2. The predicted octanol–water partition coefficient (Wildman–Crippen LogP) is 1.92. The maximum absolute atomic E-state index is 10.8. The molecule has 0 amide bonds. The lowest BCUT2D eigenvalue weighted by Gasteiger charge is -2.26. The highest BCUT2D eigenvalue weighted by Gasteiger charge is 2.21. The number of rotatable bonds is 10. The molecule has 0 spiro atoms. The topological polar surface area (TPSA) is 77.4 Å². The Balaban J connectivity index is 4.00. The van der Waals surface area contributed by atoms with Gasteiger partial charge in [0.25, 0.3) is 0 Å². The summed E-state index contributed by atoms with van der Waals surface area (Å²) in [5.41, 5.74) is 0.313. The fourth-order valence-electron chi connectivity index (χ4n) is 1.70. The molecule has 0 saturated heterocycles. The summed E-state index contributed by atoms with van der Waals surface area (Å²) in [6, 6.07) is 0. The molecule has 0 radical (unpaired) electrons. The summed E-state index contributed by atoms with van der Waals surface area (Å²) in [7, 11) is 0. The Kier molecular flexibility index (Phi) is 8.07. The number of carbonyl (C=O) groups excluding carboxylic acids is 1. The second-order valence-corrected chi connectivity index (χ2v) is 6.21. The number of aliphatic carboxylic acids is 2. The van der Waals surface area contributed by atoms with Crippen molar-refractivity contribution in [2.75, 3.05) is 5.75 Å². The summed E-state index contributed by atoms with van der Waals surface area (Å²) in [5, 5.41) is 18.4.